The van der Waals surface area contributed by atoms with Gasteiger partial charge in [0.15, 0.2) is 0 Å². The van der Waals surface area contributed by atoms with Gasteiger partial charge in [-0.3, -0.25) is 4.40 Å². The third-order valence-electron chi connectivity index (χ3n) is 3.63. The van der Waals surface area contributed by atoms with Crippen molar-refractivity contribution in [3.05, 3.63) is 42.5 Å². The summed E-state index contributed by atoms with van der Waals surface area (Å²) in [5.41, 5.74) is 4.40. The molecule has 0 unspecified atom stereocenters. The van der Waals surface area contributed by atoms with Gasteiger partial charge in [0.1, 0.15) is 5.75 Å². The molecule has 0 bridgehead atoms. The van der Waals surface area contributed by atoms with Crippen LogP contribution in [0, 0.1) is 0 Å². The van der Waals surface area contributed by atoms with Crippen molar-refractivity contribution in [2.24, 2.45) is 7.05 Å². The van der Waals surface area contributed by atoms with Gasteiger partial charge in [-0.2, -0.15) is 0 Å². The zero-order chi connectivity index (χ0) is 13.0. The van der Waals surface area contributed by atoms with Crippen molar-refractivity contribution in [1.82, 2.24) is 14.0 Å². The van der Waals surface area contributed by atoms with Gasteiger partial charge in [-0.05, 0) is 24.3 Å². The second kappa shape index (κ2) is 3.51. The lowest BCUT2D eigenvalue weighted by Crippen LogP contribution is -1.88. The van der Waals surface area contributed by atoms with E-state index in [9.17, 15) is 0 Å². The molecule has 2 heterocycles. The highest BCUT2D eigenvalue weighted by molar-refractivity contribution is 5.91. The lowest BCUT2D eigenvalue weighted by Gasteiger charge is -2.00. The van der Waals surface area contributed by atoms with E-state index in [0.29, 0.717) is 0 Å². The van der Waals surface area contributed by atoms with Crippen molar-refractivity contribution >= 4 is 27.8 Å². The molecule has 0 atom stereocenters. The second-order valence-corrected chi connectivity index (χ2v) is 4.65. The lowest BCUT2D eigenvalue weighted by atomic mass is 10.3. The summed E-state index contributed by atoms with van der Waals surface area (Å²) in [6, 6.07) is 14.3. The van der Waals surface area contributed by atoms with E-state index in [2.05, 4.69) is 27.2 Å². The van der Waals surface area contributed by atoms with Crippen molar-refractivity contribution < 1.29 is 4.74 Å². The number of para-hydroxylation sites is 2. The molecule has 4 nitrogen and oxygen atoms in total. The molecular weight excluding hydrogens is 238 g/mol. The van der Waals surface area contributed by atoms with Crippen LogP contribution in [0.4, 0.5) is 0 Å². The maximum absolute atomic E-state index is 5.33. The van der Waals surface area contributed by atoms with Crippen LogP contribution in [0.1, 0.15) is 0 Å². The Kier molecular flexibility index (Phi) is 1.93. The molecule has 0 saturated heterocycles. The number of fused-ring (bicyclic) bond motifs is 5. The molecule has 4 rings (SSSR count). The number of aromatic nitrogens is 3. The molecular formula is C15H13N3O. The van der Waals surface area contributed by atoms with Crippen molar-refractivity contribution in [2.45, 2.75) is 0 Å². The Hall–Kier alpha value is -2.49. The van der Waals surface area contributed by atoms with E-state index in [4.69, 9.17) is 9.72 Å². The van der Waals surface area contributed by atoms with Crippen LogP contribution in [0.15, 0.2) is 42.5 Å². The number of methoxy groups -OCH3 is 1. The Morgan fingerprint density at radius 1 is 1.00 bits per heavy atom. The van der Waals surface area contributed by atoms with Crippen LogP contribution in [-0.4, -0.2) is 21.1 Å². The molecule has 0 radical (unpaired) electrons. The fourth-order valence-electron chi connectivity index (χ4n) is 2.68. The second-order valence-electron chi connectivity index (χ2n) is 4.65. The number of nitrogens with zero attached hydrogens (tertiary/aromatic N) is 3. The molecule has 0 amide bonds. The summed E-state index contributed by atoms with van der Waals surface area (Å²) in [6.07, 6.45) is 0. The monoisotopic (exact) mass is 251 g/mol. The average molecular weight is 251 g/mol. The predicted molar refractivity (Wildman–Crippen MR) is 75.7 cm³/mol. The van der Waals surface area contributed by atoms with Gasteiger partial charge in [-0.15, -0.1) is 0 Å². The molecule has 0 N–H and O–H groups in total. The van der Waals surface area contributed by atoms with Crippen molar-refractivity contribution in [3.8, 4) is 5.75 Å². The number of ether oxygens (including phenoxy) is 1. The summed E-state index contributed by atoms with van der Waals surface area (Å²) in [6.45, 7) is 0. The summed E-state index contributed by atoms with van der Waals surface area (Å²) < 4.78 is 9.61. The van der Waals surface area contributed by atoms with Gasteiger partial charge in [0.25, 0.3) is 0 Å². The standard InChI is InChI=1S/C15H13N3O/c1-17-13-8-7-10(19-2)9-14(13)18-12-6-4-3-5-11(12)16-15(17)18/h3-9H,1-2H3. The van der Waals surface area contributed by atoms with Gasteiger partial charge in [0, 0.05) is 13.1 Å². The van der Waals surface area contributed by atoms with Crippen molar-refractivity contribution in [3.63, 3.8) is 0 Å². The van der Waals surface area contributed by atoms with Gasteiger partial charge in [0.05, 0.1) is 29.2 Å². The smallest absolute Gasteiger partial charge is 0.215 e. The van der Waals surface area contributed by atoms with Crippen LogP contribution in [0.5, 0.6) is 5.75 Å². The maximum Gasteiger partial charge on any atom is 0.215 e. The largest absolute Gasteiger partial charge is 0.497 e. The minimum Gasteiger partial charge on any atom is -0.497 e. The normalized spacial score (nSPS) is 11.7. The Morgan fingerprint density at radius 3 is 2.68 bits per heavy atom. The number of hydrogen-bond acceptors (Lipinski definition) is 2. The summed E-state index contributed by atoms with van der Waals surface area (Å²) in [4.78, 5) is 4.69. The van der Waals surface area contributed by atoms with E-state index >= 15 is 0 Å². The number of aryl methyl sites for hydroxylation is 1. The van der Waals surface area contributed by atoms with E-state index in [1.165, 1.54) is 0 Å². The molecule has 2 aromatic heterocycles. The van der Waals surface area contributed by atoms with Gasteiger partial charge in [-0.1, -0.05) is 12.1 Å². The van der Waals surface area contributed by atoms with E-state index in [1.807, 2.05) is 31.3 Å². The first-order valence-corrected chi connectivity index (χ1v) is 6.19. The Balaban J connectivity index is 2.29. The van der Waals surface area contributed by atoms with Crippen LogP contribution >= 0.6 is 0 Å². The molecule has 94 valence electrons. The fraction of sp³-hybridized carbons (Fsp3) is 0.133. The predicted octanol–water partition coefficient (Wildman–Crippen LogP) is 2.99. The molecule has 4 aromatic rings. The number of imidazole rings is 2. The highest BCUT2D eigenvalue weighted by atomic mass is 16.5. The molecule has 0 aliphatic heterocycles. The molecule has 0 saturated carbocycles. The van der Waals surface area contributed by atoms with Crippen molar-refractivity contribution in [1.29, 1.82) is 0 Å². The first kappa shape index (κ1) is 10.4. The topological polar surface area (TPSA) is 31.5 Å². The summed E-state index contributed by atoms with van der Waals surface area (Å²) in [7, 11) is 3.73. The third kappa shape index (κ3) is 1.25. The minimum absolute atomic E-state index is 0.859. The molecule has 19 heavy (non-hydrogen) atoms. The third-order valence-corrected chi connectivity index (χ3v) is 3.63. The van der Waals surface area contributed by atoms with Gasteiger partial charge in [-0.25, -0.2) is 4.98 Å². The Labute approximate surface area is 109 Å². The first-order valence-electron chi connectivity index (χ1n) is 6.19. The quantitative estimate of drug-likeness (QED) is 0.521. The highest BCUT2D eigenvalue weighted by Crippen LogP contribution is 2.27. The summed E-state index contributed by atoms with van der Waals surface area (Å²) >= 11 is 0. The SMILES string of the molecule is COc1ccc2c(c1)n1c3ccccc3nc1n2C. The zero-order valence-corrected chi connectivity index (χ0v) is 10.8. The number of rotatable bonds is 1. The van der Waals surface area contributed by atoms with Crippen LogP contribution < -0.4 is 4.74 Å². The molecule has 0 spiro atoms. The fourth-order valence-corrected chi connectivity index (χ4v) is 2.68. The summed E-state index contributed by atoms with van der Waals surface area (Å²) in [5, 5.41) is 0. The van der Waals surface area contributed by atoms with Crippen LogP contribution in [0.25, 0.3) is 27.8 Å². The molecule has 4 heteroatoms. The molecule has 0 aliphatic carbocycles. The average Bonchev–Trinajstić information content (AvgIpc) is 2.96. The summed E-state index contributed by atoms with van der Waals surface area (Å²) in [5.74, 6) is 1.81. The van der Waals surface area contributed by atoms with E-state index in [1.54, 1.807) is 7.11 Å². The van der Waals surface area contributed by atoms with Crippen LogP contribution in [-0.2, 0) is 7.05 Å². The molecule has 0 fully saturated rings. The lowest BCUT2D eigenvalue weighted by molar-refractivity contribution is 0.415. The zero-order valence-electron chi connectivity index (χ0n) is 10.8. The Bertz CT molecular complexity index is 917. The molecule has 2 aromatic carbocycles. The van der Waals surface area contributed by atoms with Gasteiger partial charge in [0.2, 0.25) is 5.78 Å². The van der Waals surface area contributed by atoms with Gasteiger partial charge >= 0.3 is 0 Å². The number of hydrogen-bond donors (Lipinski definition) is 0. The molecule has 0 aliphatic rings. The van der Waals surface area contributed by atoms with E-state index in [0.717, 1.165) is 33.6 Å². The van der Waals surface area contributed by atoms with E-state index < -0.39 is 0 Å². The first-order chi connectivity index (χ1) is 9.29. The van der Waals surface area contributed by atoms with E-state index in [-0.39, 0.29) is 0 Å². The number of benzene rings is 2. The highest BCUT2D eigenvalue weighted by Gasteiger charge is 2.13. The van der Waals surface area contributed by atoms with Crippen LogP contribution in [0.2, 0.25) is 0 Å². The van der Waals surface area contributed by atoms with Crippen LogP contribution in [0.3, 0.4) is 0 Å². The Morgan fingerprint density at radius 2 is 1.84 bits per heavy atom. The minimum atomic E-state index is 0.859. The maximum atomic E-state index is 5.33. The van der Waals surface area contributed by atoms with Gasteiger partial charge < -0.3 is 9.30 Å². The van der Waals surface area contributed by atoms with Crippen molar-refractivity contribution in [2.75, 3.05) is 7.11 Å².